The number of hydrogen-bond donors (Lipinski definition) is 1. The number of nitrogens with two attached hydrogens (primary N) is 1. The fraction of sp³-hybridized carbons (Fsp3) is 0.250. The van der Waals surface area contributed by atoms with Crippen LogP contribution in [0, 0.1) is 0 Å². The van der Waals surface area contributed by atoms with Crippen molar-refractivity contribution in [1.29, 1.82) is 0 Å². The highest BCUT2D eigenvalue weighted by atomic mass is 32.2. The van der Waals surface area contributed by atoms with E-state index in [1.807, 2.05) is 24.3 Å². The summed E-state index contributed by atoms with van der Waals surface area (Å²) in [5.74, 6) is 1.28. The van der Waals surface area contributed by atoms with Gasteiger partial charge < -0.3 is 4.74 Å². The second-order valence-electron chi connectivity index (χ2n) is 5.35. The Kier molecular flexibility index (Phi) is 3.47. The van der Waals surface area contributed by atoms with Crippen LogP contribution in [0.2, 0.25) is 0 Å². The summed E-state index contributed by atoms with van der Waals surface area (Å²) >= 11 is 0. The number of sulfonamides is 1. The molecule has 1 aliphatic carbocycles. The van der Waals surface area contributed by atoms with E-state index in [4.69, 9.17) is 9.88 Å². The third-order valence-electron chi connectivity index (χ3n) is 3.91. The maximum atomic E-state index is 11.6. The third kappa shape index (κ3) is 2.94. The Hall–Kier alpha value is -1.85. The van der Waals surface area contributed by atoms with Gasteiger partial charge in [0.15, 0.2) is 0 Å². The lowest BCUT2D eigenvalue weighted by molar-refractivity contribution is 0.413. The zero-order valence-corrected chi connectivity index (χ0v) is 12.5. The third-order valence-corrected chi connectivity index (χ3v) is 4.81. The second kappa shape index (κ2) is 5.16. The van der Waals surface area contributed by atoms with Crippen molar-refractivity contribution in [3.8, 4) is 5.75 Å². The molecule has 0 radical (unpaired) electrons. The van der Waals surface area contributed by atoms with Gasteiger partial charge in [0.05, 0.1) is 12.0 Å². The minimum Gasteiger partial charge on any atom is -0.497 e. The van der Waals surface area contributed by atoms with E-state index in [9.17, 15) is 8.42 Å². The number of benzene rings is 2. The maximum Gasteiger partial charge on any atom is 0.238 e. The summed E-state index contributed by atoms with van der Waals surface area (Å²) < 4.78 is 28.3. The molecule has 0 amide bonds. The van der Waals surface area contributed by atoms with Crippen molar-refractivity contribution in [2.75, 3.05) is 7.11 Å². The van der Waals surface area contributed by atoms with Crippen LogP contribution in [0.15, 0.2) is 53.4 Å². The van der Waals surface area contributed by atoms with Gasteiger partial charge in [0.25, 0.3) is 0 Å². The average molecular weight is 303 g/mol. The van der Waals surface area contributed by atoms with E-state index < -0.39 is 10.0 Å². The molecule has 2 N–H and O–H groups in total. The number of ether oxygens (including phenoxy) is 1. The van der Waals surface area contributed by atoms with E-state index in [0.29, 0.717) is 17.6 Å². The molecule has 0 bridgehead atoms. The van der Waals surface area contributed by atoms with Gasteiger partial charge in [-0.3, -0.25) is 0 Å². The minimum atomic E-state index is -3.73. The van der Waals surface area contributed by atoms with Crippen LogP contribution in [-0.2, 0) is 10.0 Å². The van der Waals surface area contributed by atoms with Crippen LogP contribution < -0.4 is 9.88 Å². The van der Waals surface area contributed by atoms with Crippen LogP contribution in [0.5, 0.6) is 5.75 Å². The van der Waals surface area contributed by atoms with Gasteiger partial charge in [-0.25, -0.2) is 13.6 Å². The van der Waals surface area contributed by atoms with Gasteiger partial charge >= 0.3 is 0 Å². The molecule has 0 heterocycles. The molecule has 0 saturated heterocycles. The van der Waals surface area contributed by atoms with Gasteiger partial charge in [0.2, 0.25) is 10.0 Å². The van der Waals surface area contributed by atoms with E-state index >= 15 is 0 Å². The van der Waals surface area contributed by atoms with Gasteiger partial charge in [0.1, 0.15) is 5.75 Å². The van der Waals surface area contributed by atoms with E-state index in [-0.39, 0.29) is 4.90 Å². The van der Waals surface area contributed by atoms with Crippen LogP contribution in [-0.4, -0.2) is 15.5 Å². The molecule has 2 atom stereocenters. The Bertz CT molecular complexity index is 756. The molecule has 0 aliphatic heterocycles. The largest absolute Gasteiger partial charge is 0.497 e. The van der Waals surface area contributed by atoms with Crippen molar-refractivity contribution in [2.45, 2.75) is 23.2 Å². The van der Waals surface area contributed by atoms with Crippen LogP contribution in [0.25, 0.3) is 0 Å². The van der Waals surface area contributed by atoms with Gasteiger partial charge in [-0.2, -0.15) is 0 Å². The minimum absolute atomic E-state index is 0.107. The summed E-state index contributed by atoms with van der Waals surface area (Å²) in [5, 5.41) is 5.23. The summed E-state index contributed by atoms with van der Waals surface area (Å²) in [6.07, 6.45) is 1.02. The van der Waals surface area contributed by atoms with Gasteiger partial charge in [-0.05, 0) is 41.5 Å². The molecule has 21 heavy (non-hydrogen) atoms. The Morgan fingerprint density at radius 1 is 1.05 bits per heavy atom. The molecule has 5 heteroatoms. The number of hydrogen-bond acceptors (Lipinski definition) is 3. The Labute approximate surface area is 124 Å². The molecule has 4 nitrogen and oxygen atoms in total. The van der Waals surface area contributed by atoms with Crippen LogP contribution in [0.4, 0.5) is 0 Å². The van der Waals surface area contributed by atoms with Crippen molar-refractivity contribution < 1.29 is 13.2 Å². The lowest BCUT2D eigenvalue weighted by atomic mass is 10.0. The fourth-order valence-corrected chi connectivity index (χ4v) is 3.30. The molecule has 1 fully saturated rings. The molecule has 0 unspecified atom stereocenters. The fourth-order valence-electron chi connectivity index (χ4n) is 2.72. The van der Waals surface area contributed by atoms with E-state index in [2.05, 4.69) is 12.1 Å². The van der Waals surface area contributed by atoms with E-state index in [0.717, 1.165) is 12.0 Å². The predicted molar refractivity (Wildman–Crippen MR) is 80.9 cm³/mol. The first kappa shape index (κ1) is 14.1. The molecule has 2 aromatic carbocycles. The quantitative estimate of drug-likeness (QED) is 0.944. The van der Waals surface area contributed by atoms with Gasteiger partial charge in [-0.15, -0.1) is 0 Å². The molecular formula is C16H17NO3S. The Morgan fingerprint density at radius 3 is 2.33 bits per heavy atom. The zero-order chi connectivity index (χ0) is 15.0. The highest BCUT2D eigenvalue weighted by molar-refractivity contribution is 7.89. The monoisotopic (exact) mass is 303 g/mol. The van der Waals surface area contributed by atoms with Gasteiger partial charge in [-0.1, -0.05) is 30.3 Å². The lowest BCUT2D eigenvalue weighted by Crippen LogP contribution is -2.12. The molecule has 1 aliphatic rings. The van der Waals surface area contributed by atoms with Crippen molar-refractivity contribution >= 4 is 10.0 Å². The van der Waals surface area contributed by atoms with Crippen molar-refractivity contribution in [3.05, 3.63) is 59.7 Å². The number of rotatable bonds is 4. The summed E-state index contributed by atoms with van der Waals surface area (Å²) in [5.41, 5.74) is 2.25. The first-order valence-electron chi connectivity index (χ1n) is 6.76. The topological polar surface area (TPSA) is 69.4 Å². The smallest absolute Gasteiger partial charge is 0.238 e. The molecule has 0 aromatic heterocycles. The van der Waals surface area contributed by atoms with Crippen LogP contribution in [0.1, 0.15) is 29.4 Å². The summed E-state index contributed by atoms with van der Waals surface area (Å²) in [4.78, 5) is 0.107. The molecular weight excluding hydrogens is 286 g/mol. The number of primary sulfonamides is 1. The molecule has 2 aromatic rings. The maximum absolute atomic E-state index is 11.6. The molecule has 110 valence electrons. The Morgan fingerprint density at radius 2 is 1.71 bits per heavy atom. The Balaban J connectivity index is 1.94. The summed E-state index contributed by atoms with van der Waals surface area (Å²) in [6.45, 7) is 0. The number of methoxy groups -OCH3 is 1. The molecule has 3 rings (SSSR count). The van der Waals surface area contributed by atoms with Crippen molar-refractivity contribution in [1.82, 2.24) is 0 Å². The van der Waals surface area contributed by atoms with Crippen LogP contribution >= 0.6 is 0 Å². The standard InChI is InChI=1S/C16H17NO3S/c1-20-13-7-12(8-14(9-13)21(17,18)19)16-10-15(16)11-5-3-2-4-6-11/h2-9,15-16H,10H2,1H3,(H2,17,18,19)/t15-,16-/m1/s1. The highest BCUT2D eigenvalue weighted by Gasteiger charge is 2.39. The predicted octanol–water partition coefficient (Wildman–Crippen LogP) is 2.61. The van der Waals surface area contributed by atoms with Crippen molar-refractivity contribution in [2.24, 2.45) is 5.14 Å². The second-order valence-corrected chi connectivity index (χ2v) is 6.91. The SMILES string of the molecule is COc1cc([C@H]2C[C@@H]2c2ccccc2)cc(S(N)(=O)=O)c1. The van der Waals surface area contributed by atoms with E-state index in [1.165, 1.54) is 18.7 Å². The van der Waals surface area contributed by atoms with Crippen molar-refractivity contribution in [3.63, 3.8) is 0 Å². The molecule has 0 spiro atoms. The van der Waals surface area contributed by atoms with Crippen LogP contribution in [0.3, 0.4) is 0 Å². The molecule has 1 saturated carbocycles. The first-order valence-corrected chi connectivity index (χ1v) is 8.30. The first-order chi connectivity index (χ1) is 9.99. The lowest BCUT2D eigenvalue weighted by Gasteiger charge is -2.08. The highest BCUT2D eigenvalue weighted by Crippen LogP contribution is 2.55. The summed E-state index contributed by atoms with van der Waals surface area (Å²) in [6, 6.07) is 15.2. The average Bonchev–Trinajstić information content (AvgIpc) is 3.27. The normalized spacial score (nSPS) is 21.0. The zero-order valence-electron chi connectivity index (χ0n) is 11.7. The van der Waals surface area contributed by atoms with E-state index in [1.54, 1.807) is 6.07 Å². The van der Waals surface area contributed by atoms with Gasteiger partial charge in [0, 0.05) is 6.07 Å². The summed E-state index contributed by atoms with van der Waals surface area (Å²) in [7, 11) is -2.20.